The van der Waals surface area contributed by atoms with Gasteiger partial charge in [-0.3, -0.25) is 14.8 Å². The van der Waals surface area contributed by atoms with Crippen LogP contribution in [0.5, 0.6) is 5.88 Å². The average molecular weight is 474 g/mol. The Hall–Kier alpha value is -3.66. The Morgan fingerprint density at radius 2 is 2.18 bits per heavy atom. The smallest absolute Gasteiger partial charge is 0.326 e. The number of urea groups is 1. The van der Waals surface area contributed by atoms with Crippen LogP contribution < -0.4 is 15.0 Å². The molecule has 1 aromatic carbocycles. The highest BCUT2D eigenvalue weighted by Gasteiger charge is 2.29. The number of benzene rings is 1. The van der Waals surface area contributed by atoms with Crippen LogP contribution in [-0.2, 0) is 24.2 Å². The number of carbonyl (C=O) groups excluding carboxylic acids is 1. The number of hydrogen-bond acceptors (Lipinski definition) is 5. The van der Waals surface area contributed by atoms with Crippen molar-refractivity contribution in [2.24, 2.45) is 5.92 Å². The van der Waals surface area contributed by atoms with Gasteiger partial charge in [-0.1, -0.05) is 11.6 Å². The Morgan fingerprint density at radius 3 is 2.85 bits per heavy atom. The number of ether oxygens (including phenoxy) is 1. The van der Waals surface area contributed by atoms with Crippen LogP contribution in [-0.4, -0.2) is 39.4 Å². The average Bonchev–Trinajstić information content (AvgIpc) is 3.22. The van der Waals surface area contributed by atoms with Crippen LogP contribution >= 0.6 is 11.6 Å². The van der Waals surface area contributed by atoms with Gasteiger partial charge in [0, 0.05) is 17.4 Å². The maximum atomic E-state index is 13.5. The first kappa shape index (κ1) is 22.5. The molecule has 1 aliphatic carbocycles. The summed E-state index contributed by atoms with van der Waals surface area (Å²) in [7, 11) is 1.49. The van der Waals surface area contributed by atoms with E-state index in [4.69, 9.17) is 16.3 Å². The molecule has 2 aromatic heterocycles. The first-order valence-corrected chi connectivity index (χ1v) is 10.5. The number of carbonyl (C=O) groups is 2. The molecule has 0 fully saturated rings. The lowest BCUT2D eigenvalue weighted by Gasteiger charge is -2.24. The second-order valence-corrected chi connectivity index (χ2v) is 8.02. The largest absolute Gasteiger partial charge is 0.481 e. The number of halogens is 2. The number of rotatable bonds is 6. The Morgan fingerprint density at radius 1 is 1.36 bits per heavy atom. The van der Waals surface area contributed by atoms with Gasteiger partial charge in [-0.2, -0.15) is 5.10 Å². The van der Waals surface area contributed by atoms with Gasteiger partial charge in [0.1, 0.15) is 5.82 Å². The number of amides is 2. The molecule has 1 atom stereocenters. The number of aliphatic carboxylic acids is 1. The molecule has 9 nitrogen and oxygen atoms in total. The van der Waals surface area contributed by atoms with Crippen LogP contribution in [0.15, 0.2) is 36.5 Å². The summed E-state index contributed by atoms with van der Waals surface area (Å²) in [5.41, 5.74) is 3.02. The van der Waals surface area contributed by atoms with Crippen LogP contribution in [0.1, 0.15) is 23.4 Å². The van der Waals surface area contributed by atoms with E-state index in [1.165, 1.54) is 30.3 Å². The Balaban J connectivity index is 1.63. The minimum atomic E-state index is -0.852. The lowest BCUT2D eigenvalue weighted by molar-refractivity contribution is -0.142. The molecular formula is C22H21ClFN5O4. The number of anilines is 2. The molecule has 0 saturated heterocycles. The zero-order valence-electron chi connectivity index (χ0n) is 17.6. The van der Waals surface area contributed by atoms with Gasteiger partial charge in [0.25, 0.3) is 0 Å². The lowest BCUT2D eigenvalue weighted by atomic mass is 9.86. The topological polar surface area (TPSA) is 120 Å². The molecule has 2 heterocycles. The van der Waals surface area contributed by atoms with Crippen molar-refractivity contribution in [1.29, 1.82) is 0 Å². The van der Waals surface area contributed by atoms with Gasteiger partial charge in [-0.05, 0) is 49.1 Å². The predicted molar refractivity (Wildman–Crippen MR) is 119 cm³/mol. The number of carboxylic acid groups (broad SMARTS) is 1. The summed E-state index contributed by atoms with van der Waals surface area (Å²) in [5.74, 6) is -1.57. The van der Waals surface area contributed by atoms with E-state index in [2.05, 4.69) is 20.5 Å². The second kappa shape index (κ2) is 9.45. The van der Waals surface area contributed by atoms with Gasteiger partial charge in [0.05, 0.1) is 42.2 Å². The van der Waals surface area contributed by atoms with E-state index in [1.807, 2.05) is 0 Å². The summed E-state index contributed by atoms with van der Waals surface area (Å²) in [4.78, 5) is 30.3. The maximum absolute atomic E-state index is 13.5. The van der Waals surface area contributed by atoms with Crippen molar-refractivity contribution in [3.63, 3.8) is 0 Å². The number of aryl methyl sites for hydroxylation is 1. The fraction of sp³-hybridized carbons (Fsp3) is 0.273. The molecule has 1 unspecified atom stereocenters. The number of aromatic nitrogens is 3. The van der Waals surface area contributed by atoms with Gasteiger partial charge in [-0.15, -0.1) is 0 Å². The van der Waals surface area contributed by atoms with Crippen molar-refractivity contribution in [2.75, 3.05) is 17.3 Å². The third-order valence-electron chi connectivity index (χ3n) is 5.55. The minimum Gasteiger partial charge on any atom is -0.481 e. The summed E-state index contributed by atoms with van der Waals surface area (Å²) < 4.78 is 18.6. The number of H-pyrrole nitrogens is 1. The lowest BCUT2D eigenvalue weighted by Crippen LogP contribution is -2.35. The number of carboxylic acids is 1. The fourth-order valence-corrected chi connectivity index (χ4v) is 3.93. The molecule has 0 spiro atoms. The minimum absolute atomic E-state index is 0.0624. The van der Waals surface area contributed by atoms with E-state index in [0.29, 0.717) is 42.2 Å². The number of fused-ring (bicyclic) bond motifs is 1. The van der Waals surface area contributed by atoms with E-state index in [0.717, 1.165) is 17.3 Å². The highest BCUT2D eigenvalue weighted by molar-refractivity contribution is 6.31. The highest BCUT2D eigenvalue weighted by Crippen LogP contribution is 2.29. The van der Waals surface area contributed by atoms with Gasteiger partial charge in [-0.25, -0.2) is 14.2 Å². The first-order valence-electron chi connectivity index (χ1n) is 10.2. The number of aromatic amines is 1. The molecule has 2 amide bonds. The molecule has 0 bridgehead atoms. The number of methoxy groups -OCH3 is 1. The van der Waals surface area contributed by atoms with Crippen molar-refractivity contribution in [3.05, 3.63) is 64.3 Å². The van der Waals surface area contributed by atoms with Crippen molar-refractivity contribution >= 4 is 35.0 Å². The molecular weight excluding hydrogens is 453 g/mol. The molecule has 4 rings (SSSR count). The first-order chi connectivity index (χ1) is 15.9. The van der Waals surface area contributed by atoms with Gasteiger partial charge < -0.3 is 15.2 Å². The molecule has 0 saturated carbocycles. The maximum Gasteiger partial charge on any atom is 0.326 e. The van der Waals surface area contributed by atoms with E-state index < -0.39 is 23.7 Å². The van der Waals surface area contributed by atoms with Crippen molar-refractivity contribution in [1.82, 2.24) is 15.2 Å². The summed E-state index contributed by atoms with van der Waals surface area (Å²) in [5, 5.41) is 19.3. The number of hydrogen-bond donors (Lipinski definition) is 3. The summed E-state index contributed by atoms with van der Waals surface area (Å²) >= 11 is 5.84. The zero-order chi connectivity index (χ0) is 23.5. The van der Waals surface area contributed by atoms with Crippen molar-refractivity contribution in [2.45, 2.75) is 25.8 Å². The van der Waals surface area contributed by atoms with Crippen LogP contribution in [0.4, 0.5) is 20.6 Å². The van der Waals surface area contributed by atoms with Crippen LogP contribution in [0, 0.1) is 11.7 Å². The third kappa shape index (κ3) is 4.90. The van der Waals surface area contributed by atoms with E-state index in [-0.39, 0.29) is 11.6 Å². The Kier molecular flexibility index (Phi) is 6.45. The monoisotopic (exact) mass is 473 g/mol. The number of nitrogens with one attached hydrogen (secondary N) is 2. The van der Waals surface area contributed by atoms with Gasteiger partial charge in [0.15, 0.2) is 0 Å². The highest BCUT2D eigenvalue weighted by atomic mass is 35.5. The molecule has 0 radical (unpaired) electrons. The molecule has 172 valence electrons. The van der Waals surface area contributed by atoms with E-state index >= 15 is 0 Å². The molecule has 1 aliphatic rings. The summed E-state index contributed by atoms with van der Waals surface area (Å²) in [6.07, 6.45) is 2.92. The quantitative estimate of drug-likeness (QED) is 0.497. The van der Waals surface area contributed by atoms with Crippen molar-refractivity contribution in [3.8, 4) is 5.88 Å². The molecule has 3 aromatic rings. The SMILES string of the molecule is COc1ccc(N(Cc2n[nH]c3c2CC(C(=O)O)CC3)C(=O)Nc2ccc(F)c(Cl)c2)cn1. The zero-order valence-corrected chi connectivity index (χ0v) is 18.4. The Labute approximate surface area is 193 Å². The second-order valence-electron chi connectivity index (χ2n) is 7.61. The summed E-state index contributed by atoms with van der Waals surface area (Å²) in [6.45, 7) is 0.0624. The Bertz CT molecular complexity index is 1180. The van der Waals surface area contributed by atoms with Gasteiger partial charge in [0.2, 0.25) is 5.88 Å². The molecule has 3 N–H and O–H groups in total. The predicted octanol–water partition coefficient (Wildman–Crippen LogP) is 4.03. The molecule has 0 aliphatic heterocycles. The fourth-order valence-electron chi connectivity index (χ4n) is 3.75. The van der Waals surface area contributed by atoms with Crippen LogP contribution in [0.2, 0.25) is 5.02 Å². The standard InChI is InChI=1S/C22H21ClFN5O4/c1-33-20-7-4-14(10-25-20)29(22(32)26-13-3-5-17(24)16(23)9-13)11-19-15-8-12(21(30)31)2-6-18(15)27-28-19/h3-5,7,9-10,12H,2,6,8,11H2,1H3,(H,26,32)(H,27,28)(H,30,31). The molecule has 11 heteroatoms. The normalized spacial score (nSPS) is 14.9. The third-order valence-corrected chi connectivity index (χ3v) is 5.84. The van der Waals surface area contributed by atoms with Crippen LogP contribution in [0.3, 0.4) is 0 Å². The van der Waals surface area contributed by atoms with Crippen molar-refractivity contribution < 1.29 is 23.8 Å². The number of pyridine rings is 1. The van der Waals surface area contributed by atoms with E-state index in [1.54, 1.807) is 12.1 Å². The number of nitrogens with zero attached hydrogens (tertiary/aromatic N) is 3. The van der Waals surface area contributed by atoms with Crippen LogP contribution in [0.25, 0.3) is 0 Å². The summed E-state index contributed by atoms with van der Waals surface area (Å²) in [6, 6.07) is 6.64. The van der Waals surface area contributed by atoms with E-state index in [9.17, 15) is 19.1 Å². The molecule has 33 heavy (non-hydrogen) atoms. The van der Waals surface area contributed by atoms with Gasteiger partial charge >= 0.3 is 12.0 Å².